The molecule has 1 saturated carbocycles. The lowest BCUT2D eigenvalue weighted by atomic mass is 9.95. The smallest absolute Gasteiger partial charge is 0.264 e. The minimum absolute atomic E-state index is 0.0179. The van der Waals surface area contributed by atoms with E-state index in [0.29, 0.717) is 5.56 Å². The fourth-order valence-corrected chi connectivity index (χ4v) is 6.33. The fourth-order valence-electron chi connectivity index (χ4n) is 4.91. The minimum atomic E-state index is -4.29. The van der Waals surface area contributed by atoms with E-state index >= 15 is 0 Å². The Morgan fingerprint density at radius 3 is 2.02 bits per heavy atom. The Hall–Kier alpha value is -3.79. The van der Waals surface area contributed by atoms with E-state index in [-0.39, 0.29) is 29.1 Å². The molecule has 3 aromatic rings. The van der Waals surface area contributed by atoms with Gasteiger partial charge in [0.15, 0.2) is 0 Å². The molecule has 0 heterocycles. The van der Waals surface area contributed by atoms with Crippen LogP contribution in [0, 0.1) is 18.6 Å². The van der Waals surface area contributed by atoms with Gasteiger partial charge in [0, 0.05) is 12.6 Å². The predicted molar refractivity (Wildman–Crippen MR) is 154 cm³/mol. The molecule has 0 aromatic heterocycles. The molecule has 2 amide bonds. The molecule has 0 spiro atoms. The summed E-state index contributed by atoms with van der Waals surface area (Å²) in [7, 11) is -4.29. The van der Waals surface area contributed by atoms with Gasteiger partial charge < -0.3 is 10.2 Å². The second-order valence-electron chi connectivity index (χ2n) is 10.5. The molecule has 0 saturated heterocycles. The predicted octanol–water partition coefficient (Wildman–Crippen LogP) is 5.33. The number of anilines is 1. The number of aryl methyl sites for hydroxylation is 1. The Balaban J connectivity index is 1.66. The van der Waals surface area contributed by atoms with Crippen LogP contribution in [0.2, 0.25) is 0 Å². The molecule has 0 bridgehead atoms. The van der Waals surface area contributed by atoms with Crippen LogP contribution in [0.5, 0.6) is 0 Å². The van der Waals surface area contributed by atoms with Gasteiger partial charge >= 0.3 is 0 Å². The van der Waals surface area contributed by atoms with Crippen molar-refractivity contribution in [3.05, 3.63) is 95.6 Å². The summed E-state index contributed by atoms with van der Waals surface area (Å²) >= 11 is 0. The van der Waals surface area contributed by atoms with Gasteiger partial charge in [-0.15, -0.1) is 0 Å². The van der Waals surface area contributed by atoms with Gasteiger partial charge in [-0.3, -0.25) is 13.9 Å². The van der Waals surface area contributed by atoms with Crippen molar-refractivity contribution in [2.45, 2.75) is 69.5 Å². The zero-order chi connectivity index (χ0) is 29.6. The van der Waals surface area contributed by atoms with E-state index in [4.69, 9.17) is 0 Å². The van der Waals surface area contributed by atoms with E-state index in [0.717, 1.165) is 66.2 Å². The standard InChI is InChI=1S/C31H35F2N3O4S/c1-22-8-16-28(17-9-22)36(41(39,40)29-18-14-26(33)15-19-29)21-30(37)35(20-24-10-12-25(32)13-11-24)23(2)31(38)34-27-6-4-3-5-7-27/h8-19,23,27H,3-7,20-21H2,1-2H3,(H,34,38)/t23-/m0/s1. The van der Waals surface area contributed by atoms with Crippen molar-refractivity contribution < 1.29 is 26.8 Å². The third kappa shape index (κ3) is 7.70. The van der Waals surface area contributed by atoms with Gasteiger partial charge in [0.05, 0.1) is 10.6 Å². The lowest BCUT2D eigenvalue weighted by Gasteiger charge is -2.33. The number of amides is 2. The number of nitrogens with zero attached hydrogens (tertiary/aromatic N) is 2. The summed E-state index contributed by atoms with van der Waals surface area (Å²) in [6.07, 6.45) is 4.88. The zero-order valence-electron chi connectivity index (χ0n) is 23.2. The first-order valence-electron chi connectivity index (χ1n) is 13.7. The van der Waals surface area contributed by atoms with Crippen molar-refractivity contribution in [2.75, 3.05) is 10.8 Å². The van der Waals surface area contributed by atoms with Crippen LogP contribution in [-0.2, 0) is 26.2 Å². The number of sulfonamides is 1. The third-order valence-corrected chi connectivity index (χ3v) is 9.18. The highest BCUT2D eigenvalue weighted by molar-refractivity contribution is 7.92. The summed E-state index contributed by atoms with van der Waals surface area (Å²) in [5.41, 5.74) is 1.72. The molecule has 1 aliphatic carbocycles. The highest BCUT2D eigenvalue weighted by atomic mass is 32.2. The number of nitrogens with one attached hydrogen (secondary N) is 1. The van der Waals surface area contributed by atoms with E-state index in [1.54, 1.807) is 31.2 Å². The molecule has 0 aliphatic heterocycles. The third-order valence-electron chi connectivity index (χ3n) is 7.39. The summed E-state index contributed by atoms with van der Waals surface area (Å²) in [6.45, 7) is 2.82. The topological polar surface area (TPSA) is 86.8 Å². The molecule has 4 rings (SSSR count). The molecule has 1 aliphatic rings. The number of benzene rings is 3. The van der Waals surface area contributed by atoms with Crippen LogP contribution in [0.1, 0.15) is 50.2 Å². The first-order chi connectivity index (χ1) is 19.5. The Labute approximate surface area is 240 Å². The molecule has 218 valence electrons. The van der Waals surface area contributed by atoms with Gasteiger partial charge in [0.2, 0.25) is 11.8 Å². The lowest BCUT2D eigenvalue weighted by molar-refractivity contribution is -0.139. The maximum absolute atomic E-state index is 13.9. The van der Waals surface area contributed by atoms with Crippen molar-refractivity contribution >= 4 is 27.5 Å². The lowest BCUT2D eigenvalue weighted by Crippen LogP contribution is -2.53. The van der Waals surface area contributed by atoms with Gasteiger partial charge in [0.1, 0.15) is 24.2 Å². The average molecular weight is 584 g/mol. The number of hydrogen-bond acceptors (Lipinski definition) is 4. The maximum Gasteiger partial charge on any atom is 0.264 e. The first-order valence-corrected chi connectivity index (χ1v) is 15.2. The van der Waals surface area contributed by atoms with Crippen molar-refractivity contribution in [1.82, 2.24) is 10.2 Å². The van der Waals surface area contributed by atoms with Crippen molar-refractivity contribution in [2.24, 2.45) is 0 Å². The van der Waals surface area contributed by atoms with Crippen LogP contribution < -0.4 is 9.62 Å². The quantitative estimate of drug-likeness (QED) is 0.349. The highest BCUT2D eigenvalue weighted by Crippen LogP contribution is 2.25. The van der Waals surface area contributed by atoms with Crippen molar-refractivity contribution in [3.8, 4) is 0 Å². The molecule has 0 unspecified atom stereocenters. The largest absolute Gasteiger partial charge is 0.352 e. The fraction of sp³-hybridized carbons (Fsp3) is 0.355. The zero-order valence-corrected chi connectivity index (χ0v) is 24.0. The minimum Gasteiger partial charge on any atom is -0.352 e. The molecule has 1 atom stereocenters. The van der Waals surface area contributed by atoms with Crippen LogP contribution in [0.15, 0.2) is 77.7 Å². The molecule has 1 fully saturated rings. The molecule has 3 aromatic carbocycles. The molecule has 1 N–H and O–H groups in total. The number of halogens is 2. The van der Waals surface area contributed by atoms with Crippen LogP contribution in [0.25, 0.3) is 0 Å². The number of carbonyl (C=O) groups excluding carboxylic acids is 2. The average Bonchev–Trinajstić information content (AvgIpc) is 2.96. The summed E-state index contributed by atoms with van der Waals surface area (Å²) < 4.78 is 55.7. The molecule has 0 radical (unpaired) electrons. The van der Waals surface area contributed by atoms with Crippen molar-refractivity contribution in [3.63, 3.8) is 0 Å². The Bertz CT molecular complexity index is 1440. The Morgan fingerprint density at radius 2 is 1.44 bits per heavy atom. The monoisotopic (exact) mass is 583 g/mol. The molecular formula is C31H35F2N3O4S. The van der Waals surface area contributed by atoms with E-state index < -0.39 is 40.2 Å². The SMILES string of the molecule is Cc1ccc(N(CC(=O)N(Cc2ccc(F)cc2)[C@@H](C)C(=O)NC2CCCCC2)S(=O)(=O)c2ccc(F)cc2)cc1. The second kappa shape index (κ2) is 13.2. The number of rotatable bonds is 10. The summed E-state index contributed by atoms with van der Waals surface area (Å²) in [5.74, 6) is -1.99. The van der Waals surface area contributed by atoms with Crippen molar-refractivity contribution in [1.29, 1.82) is 0 Å². The number of hydrogen-bond donors (Lipinski definition) is 1. The summed E-state index contributed by atoms with van der Waals surface area (Å²) in [5, 5.41) is 3.04. The molecule has 41 heavy (non-hydrogen) atoms. The van der Waals surface area contributed by atoms with E-state index in [2.05, 4.69) is 5.32 Å². The Morgan fingerprint density at radius 1 is 0.878 bits per heavy atom. The first kappa shape index (κ1) is 30.2. The molecular weight excluding hydrogens is 548 g/mol. The van der Waals surface area contributed by atoms with Gasteiger partial charge in [-0.1, -0.05) is 49.1 Å². The van der Waals surface area contributed by atoms with Gasteiger partial charge in [-0.25, -0.2) is 17.2 Å². The van der Waals surface area contributed by atoms with E-state index in [9.17, 15) is 26.8 Å². The van der Waals surface area contributed by atoms with Crippen LogP contribution in [0.3, 0.4) is 0 Å². The van der Waals surface area contributed by atoms with Crippen LogP contribution in [-0.4, -0.2) is 43.8 Å². The van der Waals surface area contributed by atoms with Gasteiger partial charge in [0.25, 0.3) is 10.0 Å². The maximum atomic E-state index is 13.9. The normalized spacial score (nSPS) is 14.7. The Kier molecular flexibility index (Phi) is 9.75. The van der Waals surface area contributed by atoms with Gasteiger partial charge in [-0.2, -0.15) is 0 Å². The number of carbonyl (C=O) groups is 2. The molecule has 7 nitrogen and oxygen atoms in total. The van der Waals surface area contributed by atoms with Crippen LogP contribution in [0.4, 0.5) is 14.5 Å². The molecule has 10 heteroatoms. The second-order valence-corrected chi connectivity index (χ2v) is 12.3. The summed E-state index contributed by atoms with van der Waals surface area (Å²) in [4.78, 5) is 28.4. The van der Waals surface area contributed by atoms with Crippen LogP contribution >= 0.6 is 0 Å². The van der Waals surface area contributed by atoms with E-state index in [1.807, 2.05) is 6.92 Å². The van der Waals surface area contributed by atoms with E-state index in [1.165, 1.54) is 29.2 Å². The van der Waals surface area contributed by atoms with Gasteiger partial charge in [-0.05, 0) is 80.8 Å². The summed E-state index contributed by atoms with van der Waals surface area (Å²) in [6, 6.07) is 15.7. The highest BCUT2D eigenvalue weighted by Gasteiger charge is 2.33.